The molecule has 1 atom stereocenters. The predicted molar refractivity (Wildman–Crippen MR) is 84.8 cm³/mol. The van der Waals surface area contributed by atoms with Crippen LogP contribution in [0, 0.1) is 10.1 Å². The molecule has 0 aliphatic carbocycles. The van der Waals surface area contributed by atoms with Gasteiger partial charge >= 0.3 is 5.97 Å². The van der Waals surface area contributed by atoms with E-state index in [0.29, 0.717) is 31.7 Å². The van der Waals surface area contributed by atoms with Crippen LogP contribution in [-0.2, 0) is 4.79 Å². The lowest BCUT2D eigenvalue weighted by Gasteiger charge is -2.13. The second-order valence-electron chi connectivity index (χ2n) is 4.59. The molecule has 124 valence electrons. The molecule has 0 aliphatic rings. The molecule has 0 spiro atoms. The summed E-state index contributed by atoms with van der Waals surface area (Å²) in [7, 11) is 0. The van der Waals surface area contributed by atoms with Crippen LogP contribution < -0.4 is 10.1 Å². The number of hydrogen-bond donors (Lipinski definition) is 2. The summed E-state index contributed by atoms with van der Waals surface area (Å²) in [6.07, 6.45) is 2.06. The maximum atomic E-state index is 10.9. The second kappa shape index (κ2) is 10.8. The third kappa shape index (κ3) is 7.24. The van der Waals surface area contributed by atoms with Crippen molar-refractivity contribution in [1.29, 1.82) is 0 Å². The minimum absolute atomic E-state index is 0. The number of ether oxygens (including phenoxy) is 1. The van der Waals surface area contributed by atoms with E-state index in [1.54, 1.807) is 12.1 Å². The Hall–Kier alpha value is -1.86. The van der Waals surface area contributed by atoms with Gasteiger partial charge in [0.2, 0.25) is 0 Å². The van der Waals surface area contributed by atoms with Crippen LogP contribution in [0.3, 0.4) is 0 Å². The number of hydrogen-bond acceptors (Lipinski definition) is 5. The van der Waals surface area contributed by atoms with E-state index < -0.39 is 16.9 Å². The summed E-state index contributed by atoms with van der Waals surface area (Å²) in [5, 5.41) is 22.4. The van der Waals surface area contributed by atoms with Gasteiger partial charge in [0.1, 0.15) is 11.8 Å². The van der Waals surface area contributed by atoms with Crippen molar-refractivity contribution in [2.24, 2.45) is 0 Å². The number of carboxylic acids is 1. The van der Waals surface area contributed by atoms with Gasteiger partial charge in [-0.05, 0) is 31.5 Å². The third-order valence-electron chi connectivity index (χ3n) is 2.90. The Morgan fingerprint density at radius 1 is 1.41 bits per heavy atom. The summed E-state index contributed by atoms with van der Waals surface area (Å²) in [5.41, 5.74) is 0.0212. The van der Waals surface area contributed by atoms with E-state index in [-0.39, 0.29) is 18.1 Å². The lowest BCUT2D eigenvalue weighted by molar-refractivity contribution is -0.384. The van der Waals surface area contributed by atoms with Crippen molar-refractivity contribution in [1.82, 2.24) is 5.32 Å². The minimum Gasteiger partial charge on any atom is -0.494 e. The number of carboxylic acid groups (broad SMARTS) is 1. The Labute approximate surface area is 135 Å². The number of nitro groups is 1. The van der Waals surface area contributed by atoms with Crippen LogP contribution in [0.1, 0.15) is 26.2 Å². The molecule has 1 aromatic rings. The van der Waals surface area contributed by atoms with E-state index in [4.69, 9.17) is 9.84 Å². The van der Waals surface area contributed by atoms with E-state index in [1.807, 2.05) is 6.92 Å². The van der Waals surface area contributed by atoms with Crippen LogP contribution in [-0.4, -0.2) is 35.2 Å². The smallest absolute Gasteiger partial charge is 0.320 e. The number of carbonyl (C=O) groups is 1. The predicted octanol–water partition coefficient (Wildman–Crippen LogP) is 2.63. The van der Waals surface area contributed by atoms with Crippen molar-refractivity contribution in [2.75, 3.05) is 13.2 Å². The van der Waals surface area contributed by atoms with Crippen LogP contribution in [0.15, 0.2) is 24.3 Å². The van der Waals surface area contributed by atoms with E-state index in [9.17, 15) is 14.9 Å². The fraction of sp³-hybridized carbons (Fsp3) is 0.500. The van der Waals surface area contributed by atoms with Gasteiger partial charge in [-0.3, -0.25) is 14.9 Å². The summed E-state index contributed by atoms with van der Waals surface area (Å²) in [6.45, 7) is 2.91. The zero-order valence-corrected chi connectivity index (χ0v) is 13.2. The molecule has 0 amide bonds. The van der Waals surface area contributed by atoms with Crippen LogP contribution in [0.5, 0.6) is 5.75 Å². The summed E-state index contributed by atoms with van der Waals surface area (Å²) in [5.74, 6) is -0.280. The van der Waals surface area contributed by atoms with Gasteiger partial charge in [-0.2, -0.15) is 0 Å². The lowest BCUT2D eigenvalue weighted by atomic mass is 10.1. The number of nitrogens with one attached hydrogen (secondary N) is 1. The highest BCUT2D eigenvalue weighted by Gasteiger charge is 2.14. The van der Waals surface area contributed by atoms with Crippen molar-refractivity contribution in [3.8, 4) is 5.75 Å². The Kier molecular flexibility index (Phi) is 9.89. The highest BCUT2D eigenvalue weighted by molar-refractivity contribution is 5.85. The number of aliphatic carboxylic acids is 1. The molecule has 1 unspecified atom stereocenters. The van der Waals surface area contributed by atoms with E-state index in [1.165, 1.54) is 12.1 Å². The zero-order valence-electron chi connectivity index (χ0n) is 12.4. The number of halogens is 1. The molecule has 0 aliphatic heterocycles. The topological polar surface area (TPSA) is 102 Å². The molecule has 7 nitrogen and oxygen atoms in total. The highest BCUT2D eigenvalue weighted by atomic mass is 35.5. The van der Waals surface area contributed by atoms with E-state index in [0.717, 1.165) is 6.42 Å². The first kappa shape index (κ1) is 20.1. The van der Waals surface area contributed by atoms with Gasteiger partial charge in [-0.15, -0.1) is 12.4 Å². The first-order chi connectivity index (χ1) is 10.0. The summed E-state index contributed by atoms with van der Waals surface area (Å²) < 4.78 is 5.43. The maximum Gasteiger partial charge on any atom is 0.320 e. The molecule has 8 heteroatoms. The van der Waals surface area contributed by atoms with Crippen molar-refractivity contribution >= 4 is 24.1 Å². The number of nitro benzene ring substituents is 1. The number of nitrogens with zero attached hydrogens (tertiary/aromatic N) is 1. The monoisotopic (exact) mass is 332 g/mol. The van der Waals surface area contributed by atoms with Gasteiger partial charge in [-0.25, -0.2) is 0 Å². The number of rotatable bonds is 10. The SMILES string of the molecule is CCCC(NCCCOc1ccc([N+](=O)[O-])cc1)C(=O)O.Cl. The molecular weight excluding hydrogens is 312 g/mol. The van der Waals surface area contributed by atoms with Crippen LogP contribution in [0.4, 0.5) is 5.69 Å². The van der Waals surface area contributed by atoms with Gasteiger partial charge in [-0.1, -0.05) is 13.3 Å². The molecule has 0 heterocycles. The van der Waals surface area contributed by atoms with Crippen LogP contribution in [0.25, 0.3) is 0 Å². The summed E-state index contributed by atoms with van der Waals surface area (Å²) in [6, 6.07) is 5.34. The fourth-order valence-electron chi connectivity index (χ4n) is 1.80. The molecule has 2 N–H and O–H groups in total. The molecule has 0 bridgehead atoms. The fourth-order valence-corrected chi connectivity index (χ4v) is 1.80. The van der Waals surface area contributed by atoms with E-state index >= 15 is 0 Å². The zero-order chi connectivity index (χ0) is 15.7. The first-order valence-electron chi connectivity index (χ1n) is 6.88. The van der Waals surface area contributed by atoms with Gasteiger partial charge in [0.25, 0.3) is 5.69 Å². The number of non-ortho nitro benzene ring substituents is 1. The molecule has 0 fully saturated rings. The molecule has 22 heavy (non-hydrogen) atoms. The summed E-state index contributed by atoms with van der Waals surface area (Å²) in [4.78, 5) is 20.9. The molecule has 0 saturated heterocycles. The molecule has 1 aromatic carbocycles. The summed E-state index contributed by atoms with van der Waals surface area (Å²) >= 11 is 0. The first-order valence-corrected chi connectivity index (χ1v) is 6.88. The lowest BCUT2D eigenvalue weighted by Crippen LogP contribution is -2.37. The van der Waals surface area contributed by atoms with Gasteiger partial charge in [0.15, 0.2) is 0 Å². The Bertz CT molecular complexity index is 467. The third-order valence-corrected chi connectivity index (χ3v) is 2.90. The molecular formula is C14H21ClN2O5. The van der Waals surface area contributed by atoms with Crippen molar-refractivity contribution in [3.05, 3.63) is 34.4 Å². The Morgan fingerprint density at radius 2 is 2.05 bits per heavy atom. The van der Waals surface area contributed by atoms with Crippen LogP contribution >= 0.6 is 12.4 Å². The molecule has 0 radical (unpaired) electrons. The molecule has 0 aromatic heterocycles. The van der Waals surface area contributed by atoms with E-state index in [2.05, 4.69) is 5.32 Å². The van der Waals surface area contributed by atoms with Gasteiger partial charge in [0.05, 0.1) is 11.5 Å². The average Bonchev–Trinajstić information content (AvgIpc) is 2.46. The quantitative estimate of drug-likeness (QED) is 0.388. The normalized spacial score (nSPS) is 11.3. The van der Waals surface area contributed by atoms with Crippen molar-refractivity contribution in [2.45, 2.75) is 32.2 Å². The van der Waals surface area contributed by atoms with Gasteiger partial charge < -0.3 is 15.2 Å². The van der Waals surface area contributed by atoms with Gasteiger partial charge in [0, 0.05) is 12.1 Å². The van der Waals surface area contributed by atoms with Crippen molar-refractivity contribution in [3.63, 3.8) is 0 Å². The number of benzene rings is 1. The second-order valence-corrected chi connectivity index (χ2v) is 4.59. The largest absolute Gasteiger partial charge is 0.494 e. The standard InChI is InChI=1S/C14H20N2O5.ClH/c1-2-4-13(14(17)18)15-9-3-10-21-12-7-5-11(6-8-12)16(19)20;/h5-8,13,15H,2-4,9-10H2,1H3,(H,17,18);1H. The molecule has 1 rings (SSSR count). The average molecular weight is 333 g/mol. The Balaban J connectivity index is 0.00000441. The Morgan fingerprint density at radius 3 is 2.55 bits per heavy atom. The van der Waals surface area contributed by atoms with Crippen molar-refractivity contribution < 1.29 is 19.6 Å². The maximum absolute atomic E-state index is 10.9. The van der Waals surface area contributed by atoms with Crippen LogP contribution in [0.2, 0.25) is 0 Å². The minimum atomic E-state index is -0.840. The highest BCUT2D eigenvalue weighted by Crippen LogP contribution is 2.17. The molecule has 0 saturated carbocycles.